The van der Waals surface area contributed by atoms with Crippen LogP contribution in [0.1, 0.15) is 24.2 Å². The fraction of sp³-hybridized carbons (Fsp3) is 0.417. The normalized spacial score (nSPS) is 12.5. The van der Waals surface area contributed by atoms with Gasteiger partial charge in [0.25, 0.3) is 5.91 Å². The largest absolute Gasteiger partial charge is 0.507 e. The van der Waals surface area contributed by atoms with Crippen LogP contribution < -0.4 is 5.32 Å². The molecule has 0 unspecified atom stereocenters. The molecule has 0 fully saturated rings. The smallest absolute Gasteiger partial charge is 0.255 e. The van der Waals surface area contributed by atoms with Crippen molar-refractivity contribution in [1.82, 2.24) is 5.32 Å². The third-order valence-electron chi connectivity index (χ3n) is 2.52. The fourth-order valence-electron chi connectivity index (χ4n) is 1.37. The number of carbonyl (C=O) groups excluding carboxylic acids is 1. The summed E-state index contributed by atoms with van der Waals surface area (Å²) >= 11 is 5.67. The van der Waals surface area contributed by atoms with Gasteiger partial charge >= 0.3 is 0 Å². The number of aliphatic hydroxyl groups is 1. The number of phenolic OH excluding ortho intramolecular Hbond substituents is 1. The predicted octanol–water partition coefficient (Wildman–Crippen LogP) is 1.79. The minimum absolute atomic E-state index is 0.110. The summed E-state index contributed by atoms with van der Waals surface area (Å²) in [6.07, 6.45) is 0. The summed E-state index contributed by atoms with van der Waals surface area (Å²) < 4.78 is 0. The van der Waals surface area contributed by atoms with Gasteiger partial charge < -0.3 is 15.5 Å². The standard InChI is InChI=1S/C12H16ClNO3/c1-7(2)10(6-15)14-12(17)9-4-3-8(13)5-11(9)16/h3-5,7,10,15-16H,6H2,1-2H3,(H,14,17)/t10-/m1/s1. The maximum Gasteiger partial charge on any atom is 0.255 e. The number of nitrogens with one attached hydrogen (secondary N) is 1. The van der Waals surface area contributed by atoms with Gasteiger partial charge in [-0.3, -0.25) is 4.79 Å². The first kappa shape index (κ1) is 13.8. The molecule has 0 aromatic heterocycles. The second-order valence-electron chi connectivity index (χ2n) is 4.17. The van der Waals surface area contributed by atoms with Crippen molar-refractivity contribution >= 4 is 17.5 Å². The molecule has 0 aliphatic carbocycles. The van der Waals surface area contributed by atoms with Crippen LogP contribution in [0.5, 0.6) is 5.75 Å². The van der Waals surface area contributed by atoms with Crippen LogP contribution in [0.3, 0.4) is 0 Å². The number of hydrogen-bond acceptors (Lipinski definition) is 3. The zero-order chi connectivity index (χ0) is 13.0. The molecule has 0 saturated carbocycles. The quantitative estimate of drug-likeness (QED) is 0.770. The maximum atomic E-state index is 11.8. The third-order valence-corrected chi connectivity index (χ3v) is 2.76. The molecule has 0 radical (unpaired) electrons. The molecular formula is C12H16ClNO3. The molecule has 0 spiro atoms. The molecule has 0 saturated heterocycles. The Morgan fingerprint density at radius 2 is 2.12 bits per heavy atom. The summed E-state index contributed by atoms with van der Waals surface area (Å²) in [4.78, 5) is 11.8. The van der Waals surface area contributed by atoms with Crippen molar-refractivity contribution in [2.75, 3.05) is 6.61 Å². The molecule has 17 heavy (non-hydrogen) atoms. The van der Waals surface area contributed by atoms with E-state index in [0.717, 1.165) is 0 Å². The molecule has 1 rings (SSSR count). The number of hydrogen-bond donors (Lipinski definition) is 3. The van der Waals surface area contributed by atoms with E-state index in [-0.39, 0.29) is 29.9 Å². The number of rotatable bonds is 4. The summed E-state index contributed by atoms with van der Waals surface area (Å²) in [5, 5.41) is 21.7. The lowest BCUT2D eigenvalue weighted by atomic mass is 10.0. The van der Waals surface area contributed by atoms with Gasteiger partial charge in [0.15, 0.2) is 0 Å². The zero-order valence-corrected chi connectivity index (χ0v) is 10.5. The number of aliphatic hydroxyl groups excluding tert-OH is 1. The van der Waals surface area contributed by atoms with E-state index in [4.69, 9.17) is 16.7 Å². The van der Waals surface area contributed by atoms with E-state index in [2.05, 4.69) is 5.32 Å². The van der Waals surface area contributed by atoms with Crippen molar-refractivity contribution in [1.29, 1.82) is 0 Å². The monoisotopic (exact) mass is 257 g/mol. The lowest BCUT2D eigenvalue weighted by Crippen LogP contribution is -2.41. The Kier molecular flexibility index (Phi) is 4.78. The highest BCUT2D eigenvalue weighted by Gasteiger charge is 2.18. The van der Waals surface area contributed by atoms with Gasteiger partial charge in [-0.1, -0.05) is 25.4 Å². The van der Waals surface area contributed by atoms with Crippen LogP contribution >= 0.6 is 11.6 Å². The second kappa shape index (κ2) is 5.89. The topological polar surface area (TPSA) is 69.6 Å². The summed E-state index contributed by atoms with van der Waals surface area (Å²) in [6.45, 7) is 3.64. The van der Waals surface area contributed by atoms with E-state index in [0.29, 0.717) is 5.02 Å². The van der Waals surface area contributed by atoms with Gasteiger partial charge in [-0.25, -0.2) is 0 Å². The molecule has 0 aliphatic heterocycles. The number of benzene rings is 1. The predicted molar refractivity (Wildman–Crippen MR) is 66.3 cm³/mol. The van der Waals surface area contributed by atoms with Gasteiger partial charge in [0.1, 0.15) is 5.75 Å². The average Bonchev–Trinajstić information content (AvgIpc) is 2.24. The number of amides is 1. The first-order valence-electron chi connectivity index (χ1n) is 5.36. The van der Waals surface area contributed by atoms with Gasteiger partial charge in [-0.2, -0.15) is 0 Å². The van der Waals surface area contributed by atoms with Crippen LogP contribution in [-0.4, -0.2) is 28.8 Å². The SMILES string of the molecule is CC(C)[C@@H](CO)NC(=O)c1ccc(Cl)cc1O. The fourth-order valence-corrected chi connectivity index (χ4v) is 1.53. The van der Waals surface area contributed by atoms with Gasteiger partial charge in [-0.05, 0) is 24.1 Å². The average molecular weight is 258 g/mol. The van der Waals surface area contributed by atoms with Crippen molar-refractivity contribution in [3.63, 3.8) is 0 Å². The van der Waals surface area contributed by atoms with Gasteiger partial charge in [0.05, 0.1) is 18.2 Å². The van der Waals surface area contributed by atoms with E-state index < -0.39 is 5.91 Å². The molecule has 1 amide bonds. The van der Waals surface area contributed by atoms with Crippen molar-refractivity contribution in [2.24, 2.45) is 5.92 Å². The van der Waals surface area contributed by atoms with E-state index in [1.807, 2.05) is 13.8 Å². The maximum absolute atomic E-state index is 11.8. The van der Waals surface area contributed by atoms with Gasteiger partial charge in [0.2, 0.25) is 0 Å². The number of aromatic hydroxyl groups is 1. The molecule has 94 valence electrons. The highest BCUT2D eigenvalue weighted by Crippen LogP contribution is 2.22. The van der Waals surface area contributed by atoms with E-state index in [1.54, 1.807) is 0 Å². The summed E-state index contributed by atoms with van der Waals surface area (Å²) in [5.74, 6) is -0.485. The van der Waals surface area contributed by atoms with Crippen LogP contribution in [0.2, 0.25) is 5.02 Å². The van der Waals surface area contributed by atoms with Crippen molar-refractivity contribution in [3.05, 3.63) is 28.8 Å². The first-order chi connectivity index (χ1) is 7.95. The molecule has 0 heterocycles. The van der Waals surface area contributed by atoms with Crippen molar-refractivity contribution in [2.45, 2.75) is 19.9 Å². The molecule has 0 aliphatic rings. The Bertz CT molecular complexity index is 407. The minimum Gasteiger partial charge on any atom is -0.507 e. The van der Waals surface area contributed by atoms with Crippen molar-refractivity contribution in [3.8, 4) is 5.75 Å². The molecular weight excluding hydrogens is 242 g/mol. The lowest BCUT2D eigenvalue weighted by molar-refractivity contribution is 0.0894. The van der Waals surface area contributed by atoms with Crippen LogP contribution in [0, 0.1) is 5.92 Å². The lowest BCUT2D eigenvalue weighted by Gasteiger charge is -2.20. The van der Waals surface area contributed by atoms with Gasteiger partial charge in [0, 0.05) is 5.02 Å². The summed E-state index contributed by atoms with van der Waals surface area (Å²) in [7, 11) is 0. The van der Waals surface area contributed by atoms with Crippen molar-refractivity contribution < 1.29 is 15.0 Å². The Morgan fingerprint density at radius 3 is 2.59 bits per heavy atom. The Labute approximate surface area is 105 Å². The van der Waals surface area contributed by atoms with E-state index in [9.17, 15) is 9.90 Å². The zero-order valence-electron chi connectivity index (χ0n) is 9.77. The van der Waals surface area contributed by atoms with Crippen LogP contribution in [0.25, 0.3) is 0 Å². The molecule has 1 atom stereocenters. The Balaban J connectivity index is 2.82. The minimum atomic E-state index is -0.424. The Morgan fingerprint density at radius 1 is 1.47 bits per heavy atom. The number of phenols is 1. The summed E-state index contributed by atoms with van der Waals surface area (Å²) in [6, 6.07) is 3.94. The molecule has 3 N–H and O–H groups in total. The van der Waals surface area contributed by atoms with E-state index in [1.165, 1.54) is 18.2 Å². The molecule has 4 nitrogen and oxygen atoms in total. The molecule has 0 bridgehead atoms. The molecule has 5 heteroatoms. The van der Waals surface area contributed by atoms with Crippen LogP contribution in [-0.2, 0) is 0 Å². The number of carbonyl (C=O) groups is 1. The van der Waals surface area contributed by atoms with E-state index >= 15 is 0 Å². The van der Waals surface area contributed by atoms with Crippen LogP contribution in [0.4, 0.5) is 0 Å². The highest BCUT2D eigenvalue weighted by atomic mass is 35.5. The number of halogens is 1. The molecule has 1 aromatic rings. The van der Waals surface area contributed by atoms with Gasteiger partial charge in [-0.15, -0.1) is 0 Å². The Hall–Kier alpha value is -1.26. The first-order valence-corrected chi connectivity index (χ1v) is 5.73. The van der Waals surface area contributed by atoms with Crippen LogP contribution in [0.15, 0.2) is 18.2 Å². The molecule has 1 aromatic carbocycles. The summed E-state index contributed by atoms with van der Waals surface area (Å²) in [5.41, 5.74) is 0.147. The third kappa shape index (κ3) is 3.61. The highest BCUT2D eigenvalue weighted by molar-refractivity contribution is 6.30. The second-order valence-corrected chi connectivity index (χ2v) is 4.60.